The highest BCUT2D eigenvalue weighted by molar-refractivity contribution is 8.76. The van der Waals surface area contributed by atoms with E-state index in [0.717, 1.165) is 145 Å². The normalized spacial score (nSPS) is 15.2. The van der Waals surface area contributed by atoms with Gasteiger partial charge >= 0.3 is 23.9 Å². The van der Waals surface area contributed by atoms with Crippen LogP contribution in [0.2, 0.25) is 0 Å². The SMILES string of the molecule is CCCCCCCCCOC(=O)CCCCCCCC(=O)Oc1ccc(CC(=O)OCCC2CCN(CCSSCCN3CCC(CCOC(=O)Cc4ccc(O)cc4)CC3)CC2)cc1. The maximum Gasteiger partial charge on any atom is 0.311 e. The van der Waals surface area contributed by atoms with Gasteiger partial charge in [-0.2, -0.15) is 0 Å². The van der Waals surface area contributed by atoms with Crippen molar-refractivity contribution >= 4 is 45.5 Å². The van der Waals surface area contributed by atoms with Gasteiger partial charge < -0.3 is 33.9 Å². The standard InChI is InChI=1S/C52H80N2O9S2/c1-2-3-4-5-6-10-13-36-60-49(56)14-11-8-7-9-12-15-50(57)63-48-22-18-46(19-23-48)42-52(59)62-38-29-44-26-32-54(33-27-44)35-40-65-64-39-34-53-30-24-43(25-31-53)28-37-61-51(58)41-45-16-20-47(55)21-17-45/h16-23,43-44,55H,2-15,24-42H2,1H3. The minimum absolute atomic E-state index is 0.0983. The number of phenolic OH excluding ortho intramolecular Hbond substituents is 1. The van der Waals surface area contributed by atoms with Crippen LogP contribution in [0, 0.1) is 11.8 Å². The van der Waals surface area contributed by atoms with Gasteiger partial charge in [-0.1, -0.05) is 111 Å². The fraction of sp³-hybridized carbons (Fsp3) is 0.692. The first-order valence-corrected chi connectivity index (χ1v) is 27.5. The summed E-state index contributed by atoms with van der Waals surface area (Å²) in [6, 6.07) is 13.8. The summed E-state index contributed by atoms with van der Waals surface area (Å²) in [4.78, 5) is 54.1. The summed E-state index contributed by atoms with van der Waals surface area (Å²) in [5.74, 6) is 3.35. The predicted molar refractivity (Wildman–Crippen MR) is 263 cm³/mol. The third-order valence-corrected chi connectivity index (χ3v) is 15.0. The largest absolute Gasteiger partial charge is 0.508 e. The van der Waals surface area contributed by atoms with Gasteiger partial charge in [-0.3, -0.25) is 19.2 Å². The molecule has 0 bridgehead atoms. The monoisotopic (exact) mass is 941 g/mol. The van der Waals surface area contributed by atoms with Crippen molar-refractivity contribution < 1.29 is 43.2 Å². The summed E-state index contributed by atoms with van der Waals surface area (Å²) in [5, 5.41) is 9.40. The van der Waals surface area contributed by atoms with Crippen molar-refractivity contribution in [3.05, 3.63) is 59.7 Å². The molecule has 0 atom stereocenters. The van der Waals surface area contributed by atoms with E-state index in [1.165, 1.54) is 32.1 Å². The van der Waals surface area contributed by atoms with Gasteiger partial charge in [0.1, 0.15) is 11.5 Å². The third kappa shape index (κ3) is 26.0. The lowest BCUT2D eigenvalue weighted by atomic mass is 9.94. The molecule has 0 saturated carbocycles. The molecule has 2 saturated heterocycles. The lowest BCUT2D eigenvalue weighted by molar-refractivity contribution is -0.144. The number of carbonyl (C=O) groups is 4. The lowest BCUT2D eigenvalue weighted by Crippen LogP contribution is -2.36. The number of nitrogens with zero attached hydrogens (tertiary/aromatic N) is 2. The second-order valence-corrected chi connectivity index (χ2v) is 20.7. The van der Waals surface area contributed by atoms with Crippen LogP contribution < -0.4 is 4.74 Å². The van der Waals surface area contributed by atoms with Crippen LogP contribution in [-0.4, -0.2) is 109 Å². The molecule has 11 nitrogen and oxygen atoms in total. The highest BCUT2D eigenvalue weighted by atomic mass is 33.1. The van der Waals surface area contributed by atoms with Crippen molar-refractivity contribution in [3.63, 3.8) is 0 Å². The molecule has 2 aliphatic rings. The van der Waals surface area contributed by atoms with E-state index in [2.05, 4.69) is 16.7 Å². The molecule has 13 heteroatoms. The zero-order valence-electron chi connectivity index (χ0n) is 39.5. The van der Waals surface area contributed by atoms with Crippen LogP contribution in [0.3, 0.4) is 0 Å². The number of carbonyl (C=O) groups excluding carboxylic acids is 4. The Hall–Kier alpha value is -3.26. The summed E-state index contributed by atoms with van der Waals surface area (Å²) in [5.41, 5.74) is 1.68. The van der Waals surface area contributed by atoms with E-state index in [4.69, 9.17) is 18.9 Å². The Labute approximate surface area is 398 Å². The van der Waals surface area contributed by atoms with E-state index in [1.54, 1.807) is 36.4 Å². The van der Waals surface area contributed by atoms with Crippen LogP contribution >= 0.6 is 21.6 Å². The van der Waals surface area contributed by atoms with E-state index in [0.29, 0.717) is 50.2 Å². The van der Waals surface area contributed by atoms with Gasteiger partial charge in [0.05, 0.1) is 32.7 Å². The molecule has 0 radical (unpaired) electrons. The first-order chi connectivity index (χ1) is 31.7. The van der Waals surface area contributed by atoms with Gasteiger partial charge in [0.2, 0.25) is 0 Å². The molecule has 4 rings (SSSR count). The van der Waals surface area contributed by atoms with Gasteiger partial charge in [-0.25, -0.2) is 0 Å². The first-order valence-electron chi connectivity index (χ1n) is 25.0. The van der Waals surface area contributed by atoms with Gasteiger partial charge in [0.25, 0.3) is 0 Å². The third-order valence-electron chi connectivity index (χ3n) is 12.6. The van der Waals surface area contributed by atoms with Gasteiger partial charge in [-0.05, 0) is 131 Å². The van der Waals surface area contributed by atoms with Crippen molar-refractivity contribution in [3.8, 4) is 11.5 Å². The van der Waals surface area contributed by atoms with Crippen molar-refractivity contribution in [2.75, 3.05) is 70.6 Å². The summed E-state index contributed by atoms with van der Waals surface area (Å²) in [6.45, 7) is 10.4. The van der Waals surface area contributed by atoms with E-state index >= 15 is 0 Å². The molecule has 2 aromatic rings. The average Bonchev–Trinajstić information content (AvgIpc) is 3.30. The number of rotatable bonds is 34. The predicted octanol–water partition coefficient (Wildman–Crippen LogP) is 10.8. The zero-order chi connectivity index (χ0) is 46.2. The first kappa shape index (κ1) is 54.3. The maximum atomic E-state index is 12.5. The number of phenols is 1. The number of ether oxygens (including phenoxy) is 4. The number of benzene rings is 2. The van der Waals surface area contributed by atoms with E-state index in [9.17, 15) is 24.3 Å². The Morgan fingerprint density at radius 3 is 1.48 bits per heavy atom. The maximum absolute atomic E-state index is 12.5. The Kier molecular flexibility index (Phi) is 28.5. The molecular weight excluding hydrogens is 861 g/mol. The molecule has 364 valence electrons. The molecule has 65 heavy (non-hydrogen) atoms. The number of piperidine rings is 2. The molecule has 2 fully saturated rings. The van der Waals surface area contributed by atoms with E-state index < -0.39 is 0 Å². The second-order valence-electron chi connectivity index (χ2n) is 18.0. The molecule has 2 aliphatic heterocycles. The van der Waals surface area contributed by atoms with Crippen LogP contribution in [-0.2, 0) is 46.2 Å². The number of hydrogen-bond acceptors (Lipinski definition) is 13. The Morgan fingerprint density at radius 1 is 0.538 bits per heavy atom. The number of aromatic hydroxyl groups is 1. The minimum atomic E-state index is -0.259. The quantitative estimate of drug-likeness (QED) is 0.0235. The molecule has 0 aromatic heterocycles. The molecule has 0 spiro atoms. The molecule has 0 aliphatic carbocycles. The summed E-state index contributed by atoms with van der Waals surface area (Å²) >= 11 is 0. The fourth-order valence-electron chi connectivity index (χ4n) is 8.42. The average molecular weight is 941 g/mol. The Balaban J connectivity index is 0.898. The van der Waals surface area contributed by atoms with Crippen LogP contribution in [0.5, 0.6) is 11.5 Å². The smallest absolute Gasteiger partial charge is 0.311 e. The Morgan fingerprint density at radius 2 is 0.969 bits per heavy atom. The molecule has 2 heterocycles. The number of unbranched alkanes of at least 4 members (excludes halogenated alkanes) is 10. The number of hydrogen-bond donors (Lipinski definition) is 1. The highest BCUT2D eigenvalue weighted by Crippen LogP contribution is 2.26. The number of esters is 4. The molecule has 0 amide bonds. The topological polar surface area (TPSA) is 132 Å². The van der Waals surface area contributed by atoms with Crippen molar-refractivity contribution in [2.45, 2.75) is 148 Å². The van der Waals surface area contributed by atoms with E-state index in [-0.39, 0.29) is 42.5 Å². The van der Waals surface area contributed by atoms with Crippen molar-refractivity contribution in [2.24, 2.45) is 11.8 Å². The van der Waals surface area contributed by atoms with E-state index in [1.807, 2.05) is 33.7 Å². The molecule has 0 unspecified atom stereocenters. The molecular formula is C52H80N2O9S2. The van der Waals surface area contributed by atoms with Gasteiger partial charge in [-0.15, -0.1) is 0 Å². The summed E-state index contributed by atoms with van der Waals surface area (Å²) < 4.78 is 21.9. The molecule has 2 aromatic carbocycles. The van der Waals surface area contributed by atoms with Gasteiger partial charge in [0, 0.05) is 37.4 Å². The summed E-state index contributed by atoms with van der Waals surface area (Å²) in [6.07, 6.45) is 20.6. The van der Waals surface area contributed by atoms with Crippen molar-refractivity contribution in [1.29, 1.82) is 0 Å². The van der Waals surface area contributed by atoms with Crippen LogP contribution in [0.1, 0.15) is 146 Å². The number of likely N-dealkylation sites (tertiary alicyclic amines) is 2. The lowest BCUT2D eigenvalue weighted by Gasteiger charge is -2.32. The second kappa shape index (κ2) is 34.1. The summed E-state index contributed by atoms with van der Waals surface area (Å²) in [7, 11) is 3.96. The van der Waals surface area contributed by atoms with Crippen molar-refractivity contribution in [1.82, 2.24) is 9.80 Å². The fourth-order valence-corrected chi connectivity index (χ4v) is 10.5. The minimum Gasteiger partial charge on any atom is -0.508 e. The van der Waals surface area contributed by atoms with Crippen LogP contribution in [0.25, 0.3) is 0 Å². The Bertz CT molecular complexity index is 1600. The van der Waals surface area contributed by atoms with Crippen LogP contribution in [0.15, 0.2) is 48.5 Å². The molecule has 1 N–H and O–H groups in total. The van der Waals surface area contributed by atoms with Crippen LogP contribution in [0.4, 0.5) is 0 Å². The zero-order valence-corrected chi connectivity index (χ0v) is 41.2. The van der Waals surface area contributed by atoms with Gasteiger partial charge in [0.15, 0.2) is 0 Å². The highest BCUT2D eigenvalue weighted by Gasteiger charge is 2.21.